The van der Waals surface area contributed by atoms with E-state index in [1.807, 2.05) is 0 Å². The van der Waals surface area contributed by atoms with Crippen molar-refractivity contribution >= 4 is 17.8 Å². The van der Waals surface area contributed by atoms with Crippen LogP contribution in [-0.4, -0.2) is 54.1 Å². The Labute approximate surface area is 134 Å². The Morgan fingerprint density at radius 2 is 1.74 bits per heavy atom. The molecule has 1 fully saturated rings. The number of ether oxygens (including phenoxy) is 1. The number of hydrogen-bond acceptors (Lipinski definition) is 4. The van der Waals surface area contributed by atoms with Crippen LogP contribution in [0.1, 0.15) is 28.8 Å². The molecule has 0 unspecified atom stereocenters. The minimum absolute atomic E-state index is 0.0331. The number of carboxylic acids is 1. The number of benzene rings is 1. The Hall–Kier alpha value is -2.41. The predicted molar refractivity (Wildman–Crippen MR) is 81.9 cm³/mol. The number of carboxylic acid groups (broad SMARTS) is 1. The molecule has 1 aromatic rings. The predicted octanol–water partition coefficient (Wildman–Crippen LogP) is 0.640. The second-order valence-electron chi connectivity index (χ2n) is 5.27. The van der Waals surface area contributed by atoms with Gasteiger partial charge in [-0.05, 0) is 17.7 Å². The van der Waals surface area contributed by atoms with E-state index in [1.54, 1.807) is 17.0 Å². The first-order chi connectivity index (χ1) is 11.1. The summed E-state index contributed by atoms with van der Waals surface area (Å²) in [7, 11) is 0. The second kappa shape index (κ2) is 8.28. The zero-order valence-electron chi connectivity index (χ0n) is 12.8. The summed E-state index contributed by atoms with van der Waals surface area (Å²) in [5, 5.41) is 11.5. The first kappa shape index (κ1) is 17.0. The number of carbonyl (C=O) groups is 3. The lowest BCUT2D eigenvalue weighted by molar-refractivity contribution is -0.137. The third-order valence-corrected chi connectivity index (χ3v) is 3.62. The molecule has 1 aliphatic rings. The van der Waals surface area contributed by atoms with Gasteiger partial charge in [-0.15, -0.1) is 0 Å². The number of carbonyl (C=O) groups excluding carboxylic acids is 2. The van der Waals surface area contributed by atoms with E-state index < -0.39 is 5.97 Å². The molecule has 7 nitrogen and oxygen atoms in total. The highest BCUT2D eigenvalue weighted by Gasteiger charge is 2.17. The van der Waals surface area contributed by atoms with Gasteiger partial charge in [0.25, 0.3) is 0 Å². The molecule has 2 rings (SSSR count). The minimum Gasteiger partial charge on any atom is -0.478 e. The summed E-state index contributed by atoms with van der Waals surface area (Å²) in [6.45, 7) is 2.56. The van der Waals surface area contributed by atoms with E-state index in [2.05, 4.69) is 5.32 Å². The van der Waals surface area contributed by atoms with Crippen molar-refractivity contribution in [3.63, 3.8) is 0 Å². The van der Waals surface area contributed by atoms with Crippen molar-refractivity contribution in [1.29, 1.82) is 0 Å². The zero-order valence-corrected chi connectivity index (χ0v) is 12.8. The normalized spacial score (nSPS) is 14.3. The molecular formula is C16H20N2O5. The van der Waals surface area contributed by atoms with Crippen LogP contribution < -0.4 is 5.32 Å². The summed E-state index contributed by atoms with van der Waals surface area (Å²) in [6, 6.07) is 6.29. The molecule has 2 N–H and O–H groups in total. The number of amides is 2. The lowest BCUT2D eigenvalue weighted by atomic mass is 10.1. The Bertz CT molecular complexity index is 564. The molecule has 0 atom stereocenters. The van der Waals surface area contributed by atoms with Crippen LogP contribution in [0.4, 0.5) is 0 Å². The fraction of sp³-hybridized carbons (Fsp3) is 0.438. The summed E-state index contributed by atoms with van der Waals surface area (Å²) < 4.78 is 5.18. The highest BCUT2D eigenvalue weighted by Crippen LogP contribution is 2.05. The van der Waals surface area contributed by atoms with Crippen LogP contribution >= 0.6 is 0 Å². The van der Waals surface area contributed by atoms with Crippen LogP contribution in [0, 0.1) is 0 Å². The van der Waals surface area contributed by atoms with Gasteiger partial charge in [0.2, 0.25) is 11.8 Å². The van der Waals surface area contributed by atoms with E-state index >= 15 is 0 Å². The summed E-state index contributed by atoms with van der Waals surface area (Å²) in [5.74, 6) is -1.22. The number of aromatic carboxylic acids is 1. The van der Waals surface area contributed by atoms with Crippen molar-refractivity contribution in [2.24, 2.45) is 0 Å². The number of nitrogens with zero attached hydrogens (tertiary/aromatic N) is 1. The summed E-state index contributed by atoms with van der Waals surface area (Å²) in [4.78, 5) is 36.1. The maximum absolute atomic E-state index is 11.9. The molecule has 0 spiro atoms. The molecule has 0 aliphatic carbocycles. The van der Waals surface area contributed by atoms with Gasteiger partial charge in [0.15, 0.2) is 0 Å². The van der Waals surface area contributed by atoms with Gasteiger partial charge in [-0.3, -0.25) is 9.59 Å². The van der Waals surface area contributed by atoms with Gasteiger partial charge in [0.05, 0.1) is 18.8 Å². The fourth-order valence-electron chi connectivity index (χ4n) is 2.25. The van der Waals surface area contributed by atoms with Crippen molar-refractivity contribution < 1.29 is 24.2 Å². The monoisotopic (exact) mass is 320 g/mol. The largest absolute Gasteiger partial charge is 0.478 e. The van der Waals surface area contributed by atoms with E-state index in [4.69, 9.17) is 9.84 Å². The Balaban J connectivity index is 1.70. The van der Waals surface area contributed by atoms with Gasteiger partial charge in [-0.2, -0.15) is 0 Å². The molecule has 124 valence electrons. The highest BCUT2D eigenvalue weighted by atomic mass is 16.5. The van der Waals surface area contributed by atoms with Crippen molar-refractivity contribution in [3.8, 4) is 0 Å². The Kier molecular flexibility index (Phi) is 6.10. The third kappa shape index (κ3) is 5.37. The van der Waals surface area contributed by atoms with Crippen LogP contribution in [0.25, 0.3) is 0 Å². The van der Waals surface area contributed by atoms with Crippen molar-refractivity contribution in [3.05, 3.63) is 35.4 Å². The first-order valence-electron chi connectivity index (χ1n) is 7.50. The molecule has 7 heteroatoms. The minimum atomic E-state index is -0.984. The molecule has 1 heterocycles. The lowest BCUT2D eigenvalue weighted by Gasteiger charge is -2.26. The fourth-order valence-corrected chi connectivity index (χ4v) is 2.25. The molecule has 0 aromatic heterocycles. The molecule has 0 radical (unpaired) electrons. The number of hydrogen-bond donors (Lipinski definition) is 2. The molecule has 1 aliphatic heterocycles. The number of rotatable bonds is 6. The van der Waals surface area contributed by atoms with E-state index in [1.165, 1.54) is 12.1 Å². The lowest BCUT2D eigenvalue weighted by Crippen LogP contribution is -2.41. The summed E-state index contributed by atoms with van der Waals surface area (Å²) in [6.07, 6.45) is 0.327. The average molecular weight is 320 g/mol. The third-order valence-electron chi connectivity index (χ3n) is 3.62. The molecule has 23 heavy (non-hydrogen) atoms. The van der Waals surface area contributed by atoms with Gasteiger partial charge >= 0.3 is 5.97 Å². The smallest absolute Gasteiger partial charge is 0.335 e. The Morgan fingerprint density at radius 1 is 1.09 bits per heavy atom. The first-order valence-corrected chi connectivity index (χ1v) is 7.50. The van der Waals surface area contributed by atoms with Crippen LogP contribution in [0.5, 0.6) is 0 Å². The van der Waals surface area contributed by atoms with Crippen LogP contribution in [0.3, 0.4) is 0 Å². The average Bonchev–Trinajstić information content (AvgIpc) is 2.59. The van der Waals surface area contributed by atoms with Gasteiger partial charge in [-0.1, -0.05) is 12.1 Å². The zero-order chi connectivity index (χ0) is 16.7. The number of nitrogens with one attached hydrogen (secondary N) is 1. The molecular weight excluding hydrogens is 300 g/mol. The quantitative estimate of drug-likeness (QED) is 0.802. The van der Waals surface area contributed by atoms with Gasteiger partial charge in [-0.25, -0.2) is 4.79 Å². The van der Waals surface area contributed by atoms with E-state index in [9.17, 15) is 14.4 Å². The summed E-state index contributed by atoms with van der Waals surface area (Å²) in [5.41, 5.74) is 1.01. The van der Waals surface area contributed by atoms with Crippen molar-refractivity contribution in [1.82, 2.24) is 10.2 Å². The standard InChI is InChI=1S/C16H20N2O5/c19-14(5-6-15(20)18-7-9-23-10-8-18)17-11-12-1-3-13(4-2-12)16(21)22/h1-4H,5-11H2,(H,17,19)(H,21,22). The SMILES string of the molecule is O=C(CCC(=O)N1CCOCC1)NCc1ccc(C(=O)O)cc1. The van der Waals surface area contributed by atoms with Gasteiger partial charge in [0.1, 0.15) is 0 Å². The highest BCUT2D eigenvalue weighted by molar-refractivity contribution is 5.87. The molecule has 0 bridgehead atoms. The molecule has 1 saturated heterocycles. The number of morpholine rings is 1. The van der Waals surface area contributed by atoms with Gasteiger partial charge < -0.3 is 20.1 Å². The van der Waals surface area contributed by atoms with Crippen LogP contribution in [-0.2, 0) is 20.9 Å². The van der Waals surface area contributed by atoms with Crippen molar-refractivity contribution in [2.75, 3.05) is 26.3 Å². The molecule has 2 amide bonds. The summed E-state index contributed by atoms with van der Waals surface area (Å²) >= 11 is 0. The van der Waals surface area contributed by atoms with Crippen LogP contribution in [0.15, 0.2) is 24.3 Å². The van der Waals surface area contributed by atoms with Crippen LogP contribution in [0.2, 0.25) is 0 Å². The molecule has 0 saturated carbocycles. The maximum atomic E-state index is 11.9. The van der Waals surface area contributed by atoms with Gasteiger partial charge in [0, 0.05) is 32.5 Å². The van der Waals surface area contributed by atoms with E-state index in [-0.39, 0.29) is 30.2 Å². The maximum Gasteiger partial charge on any atom is 0.335 e. The second-order valence-corrected chi connectivity index (χ2v) is 5.27. The Morgan fingerprint density at radius 3 is 2.35 bits per heavy atom. The molecule has 1 aromatic carbocycles. The van der Waals surface area contributed by atoms with E-state index in [0.29, 0.717) is 32.8 Å². The van der Waals surface area contributed by atoms with Crippen molar-refractivity contribution in [2.45, 2.75) is 19.4 Å². The van der Waals surface area contributed by atoms with E-state index in [0.717, 1.165) is 5.56 Å². The topological polar surface area (TPSA) is 95.9 Å².